The van der Waals surface area contributed by atoms with Crippen LogP contribution in [0.1, 0.15) is 0 Å². The van der Waals surface area contributed by atoms with Crippen LogP contribution in [0, 0.1) is 0 Å². The quantitative estimate of drug-likeness (QED) is 0.150. The molecule has 0 unspecified atom stereocenters. The van der Waals surface area contributed by atoms with E-state index >= 15 is 0 Å². The molecule has 9 aromatic carbocycles. The van der Waals surface area contributed by atoms with Gasteiger partial charge >= 0.3 is 0 Å². The fourth-order valence-electron chi connectivity index (χ4n) is 8.33. The minimum atomic E-state index is 0.990. The average Bonchev–Trinajstić information content (AvgIpc) is 3.85. The smallest absolute Gasteiger partial charge is 0.0493 e. The molecule has 0 aliphatic carbocycles. The van der Waals surface area contributed by atoms with E-state index in [1.165, 1.54) is 62.6 Å². The number of fused-ring (bicyclic) bond motifs is 6. The minimum absolute atomic E-state index is 0.990. The van der Waals surface area contributed by atoms with Crippen molar-refractivity contribution in [1.29, 1.82) is 0 Å². The summed E-state index contributed by atoms with van der Waals surface area (Å²) >= 11 is 7.68. The molecule has 0 saturated carbocycles. The number of anilines is 6. The van der Waals surface area contributed by atoms with Crippen molar-refractivity contribution in [2.24, 2.45) is 0 Å². The van der Waals surface area contributed by atoms with Crippen LogP contribution in [0.2, 0.25) is 0 Å². The van der Waals surface area contributed by atoms with Gasteiger partial charge in [-0.1, -0.05) is 125 Å². The van der Waals surface area contributed by atoms with Gasteiger partial charge in [0.05, 0.1) is 0 Å². The molecular weight excluding hydrogens is 821 g/mol. The van der Waals surface area contributed by atoms with E-state index in [9.17, 15) is 0 Å². The lowest BCUT2D eigenvalue weighted by molar-refractivity contribution is 1.24. The van der Waals surface area contributed by atoms with Crippen LogP contribution in [-0.4, -0.2) is 0 Å². The molecule has 2 aromatic heterocycles. The number of thiophene rings is 2. The summed E-state index contributed by atoms with van der Waals surface area (Å²) < 4.78 is 6.25. The highest BCUT2D eigenvalue weighted by Crippen LogP contribution is 2.45. The summed E-state index contributed by atoms with van der Waals surface area (Å²) in [5, 5.41) is 5.22. The maximum absolute atomic E-state index is 3.97. The molecule has 11 rings (SSSR count). The molecule has 0 radical (unpaired) electrons. The molecule has 59 heavy (non-hydrogen) atoms. The van der Waals surface area contributed by atoms with Crippen molar-refractivity contribution in [2.45, 2.75) is 0 Å². The minimum Gasteiger partial charge on any atom is -0.310 e. The Morgan fingerprint density at radius 2 is 0.661 bits per heavy atom. The fraction of sp³-hybridized carbons (Fsp3) is 0. The summed E-state index contributed by atoms with van der Waals surface area (Å²) in [4.78, 5) is 4.71. The number of hydrogen-bond donors (Lipinski definition) is 0. The van der Waals surface area contributed by atoms with Crippen LogP contribution in [0.25, 0.3) is 62.6 Å². The number of nitrogens with zero attached hydrogens (tertiary/aromatic N) is 2. The van der Waals surface area contributed by atoms with Crippen molar-refractivity contribution < 1.29 is 0 Å². The van der Waals surface area contributed by atoms with E-state index in [4.69, 9.17) is 0 Å². The summed E-state index contributed by atoms with van der Waals surface area (Å²) in [7, 11) is 0. The van der Waals surface area contributed by atoms with E-state index in [0.29, 0.717) is 0 Å². The third kappa shape index (κ3) is 6.67. The lowest BCUT2D eigenvalue weighted by Crippen LogP contribution is -2.13. The summed E-state index contributed by atoms with van der Waals surface area (Å²) in [5.74, 6) is 0. The molecule has 2 nitrogen and oxygen atoms in total. The first kappa shape index (κ1) is 35.6. The van der Waals surface area contributed by atoms with Crippen molar-refractivity contribution in [2.75, 3.05) is 9.80 Å². The van der Waals surface area contributed by atoms with Crippen molar-refractivity contribution >= 4 is 113 Å². The second-order valence-corrected chi connectivity index (χ2v) is 17.8. The third-order valence-electron chi connectivity index (χ3n) is 11.0. The summed E-state index contributed by atoms with van der Waals surface area (Å²) in [6, 6.07) is 77.1. The highest BCUT2D eigenvalue weighted by atomic mass is 79.9. The molecule has 11 aromatic rings. The van der Waals surface area contributed by atoms with Crippen LogP contribution in [0.5, 0.6) is 0 Å². The van der Waals surface area contributed by atoms with Gasteiger partial charge in [0.2, 0.25) is 0 Å². The first-order valence-corrected chi connectivity index (χ1v) is 22.1. The molecule has 280 valence electrons. The Hall–Kier alpha value is -6.50. The van der Waals surface area contributed by atoms with Gasteiger partial charge in [-0.2, -0.15) is 0 Å². The normalized spacial score (nSPS) is 11.5. The number of para-hydroxylation sites is 2. The molecule has 0 aliphatic rings. The molecule has 0 N–H and O–H groups in total. The Morgan fingerprint density at radius 3 is 1.14 bits per heavy atom. The Kier molecular flexibility index (Phi) is 9.08. The lowest BCUT2D eigenvalue weighted by atomic mass is 10.0. The second kappa shape index (κ2) is 15.0. The van der Waals surface area contributed by atoms with Crippen LogP contribution in [-0.2, 0) is 0 Å². The van der Waals surface area contributed by atoms with Gasteiger partial charge in [0.15, 0.2) is 0 Å². The second-order valence-electron chi connectivity index (χ2n) is 14.7. The van der Waals surface area contributed by atoms with Crippen molar-refractivity contribution in [3.63, 3.8) is 0 Å². The molecule has 0 bridgehead atoms. The highest BCUT2D eigenvalue weighted by molar-refractivity contribution is 9.10. The molecule has 0 aliphatic heterocycles. The lowest BCUT2D eigenvalue weighted by Gasteiger charge is -2.30. The Morgan fingerprint density at radius 1 is 0.271 bits per heavy atom. The van der Waals surface area contributed by atoms with E-state index in [2.05, 4.69) is 238 Å². The van der Waals surface area contributed by atoms with Crippen molar-refractivity contribution in [3.8, 4) is 22.3 Å². The van der Waals surface area contributed by atoms with E-state index in [0.717, 1.165) is 38.6 Å². The van der Waals surface area contributed by atoms with Gasteiger partial charge < -0.3 is 9.80 Å². The standard InChI is InChI=1S/C54H35BrN2S2/c55-40-33-45(56(41-15-3-1-4-16-41)43-19-11-13-36(29-43)38-25-27-53-49(31-38)47-21-7-9-23-51(47)58-53)35-46(34-40)57(42-17-5-2-6-18-42)44-20-12-14-37(30-44)39-26-28-54-50(32-39)48-22-8-10-24-52(48)59-54/h1-35H. The van der Waals surface area contributed by atoms with Crippen molar-refractivity contribution in [1.82, 2.24) is 0 Å². The van der Waals surface area contributed by atoms with Gasteiger partial charge in [-0.15, -0.1) is 22.7 Å². The molecule has 2 heterocycles. The third-order valence-corrected chi connectivity index (χ3v) is 13.8. The van der Waals surface area contributed by atoms with Crippen molar-refractivity contribution in [3.05, 3.63) is 217 Å². The van der Waals surface area contributed by atoms with Gasteiger partial charge in [0, 0.05) is 78.9 Å². The van der Waals surface area contributed by atoms with Gasteiger partial charge in [-0.25, -0.2) is 0 Å². The molecule has 0 fully saturated rings. The zero-order valence-corrected chi connectivity index (χ0v) is 35.0. The van der Waals surface area contributed by atoms with Gasteiger partial charge in [-0.05, 0) is 125 Å². The van der Waals surface area contributed by atoms with E-state index in [1.54, 1.807) is 0 Å². The number of rotatable bonds is 8. The number of hydrogen-bond acceptors (Lipinski definition) is 4. The Bertz CT molecular complexity index is 3100. The zero-order valence-electron chi connectivity index (χ0n) is 31.8. The Balaban J connectivity index is 1.03. The van der Waals surface area contributed by atoms with Crippen LogP contribution in [0.15, 0.2) is 217 Å². The largest absolute Gasteiger partial charge is 0.310 e. The predicted molar refractivity (Wildman–Crippen MR) is 260 cm³/mol. The van der Waals surface area contributed by atoms with E-state index in [1.807, 2.05) is 22.7 Å². The maximum Gasteiger partial charge on any atom is 0.0493 e. The van der Waals surface area contributed by atoms with Crippen LogP contribution in [0.4, 0.5) is 34.1 Å². The predicted octanol–water partition coefficient (Wildman–Crippen LogP) is 17.5. The molecule has 0 atom stereocenters. The first-order chi connectivity index (χ1) is 29.1. The van der Waals surface area contributed by atoms with Gasteiger partial charge in [-0.3, -0.25) is 0 Å². The van der Waals surface area contributed by atoms with E-state index < -0.39 is 0 Å². The first-order valence-electron chi connectivity index (χ1n) is 19.7. The van der Waals surface area contributed by atoms with Crippen LogP contribution < -0.4 is 9.80 Å². The summed E-state index contributed by atoms with van der Waals surface area (Å²) in [6.45, 7) is 0. The summed E-state index contributed by atoms with van der Waals surface area (Å²) in [5.41, 5.74) is 11.2. The SMILES string of the molecule is Brc1cc(N(c2ccccc2)c2cccc(-c3ccc4sc5ccccc5c4c3)c2)cc(N(c2ccccc2)c2cccc(-c3ccc4sc5ccccc5c4c3)c2)c1. The van der Waals surface area contributed by atoms with E-state index in [-0.39, 0.29) is 0 Å². The van der Waals surface area contributed by atoms with Gasteiger partial charge in [0.25, 0.3) is 0 Å². The molecule has 0 spiro atoms. The highest BCUT2D eigenvalue weighted by Gasteiger charge is 2.20. The number of benzene rings is 9. The average molecular weight is 856 g/mol. The summed E-state index contributed by atoms with van der Waals surface area (Å²) in [6.07, 6.45) is 0. The van der Waals surface area contributed by atoms with Crippen LogP contribution >= 0.6 is 38.6 Å². The monoisotopic (exact) mass is 854 g/mol. The zero-order chi connectivity index (χ0) is 39.3. The molecule has 0 saturated heterocycles. The topological polar surface area (TPSA) is 6.48 Å². The maximum atomic E-state index is 3.97. The molecule has 5 heteroatoms. The fourth-order valence-corrected chi connectivity index (χ4v) is 11.0. The Labute approximate surface area is 359 Å². The van der Waals surface area contributed by atoms with Gasteiger partial charge in [0.1, 0.15) is 0 Å². The number of halogens is 1. The molecule has 0 amide bonds. The van der Waals surface area contributed by atoms with Crippen LogP contribution in [0.3, 0.4) is 0 Å². The molecular formula is C54H35BrN2S2.